The van der Waals surface area contributed by atoms with Crippen LogP contribution in [-0.4, -0.2) is 74.8 Å². The molecule has 1 unspecified atom stereocenters. The van der Waals surface area contributed by atoms with Gasteiger partial charge < -0.3 is 19.7 Å². The molecule has 3 rings (SSSR count). The van der Waals surface area contributed by atoms with E-state index in [9.17, 15) is 0 Å². The van der Waals surface area contributed by atoms with Gasteiger partial charge in [0, 0.05) is 26.2 Å². The summed E-state index contributed by atoms with van der Waals surface area (Å²) in [5.74, 6) is 1.95. The van der Waals surface area contributed by atoms with E-state index in [0.717, 1.165) is 70.4 Å². The number of likely N-dealkylation sites (tertiary alicyclic amines) is 2. The maximum atomic E-state index is 5.82. The number of hydrogen-bond acceptors (Lipinski definition) is 4. The van der Waals surface area contributed by atoms with Crippen molar-refractivity contribution in [3.8, 4) is 5.75 Å². The van der Waals surface area contributed by atoms with E-state index in [-0.39, 0.29) is 24.0 Å². The Morgan fingerprint density at radius 2 is 1.74 bits per heavy atom. The van der Waals surface area contributed by atoms with E-state index in [0.29, 0.717) is 12.1 Å². The van der Waals surface area contributed by atoms with Crippen molar-refractivity contribution in [2.75, 3.05) is 53.0 Å². The Morgan fingerprint density at radius 1 is 1.06 bits per heavy atom. The van der Waals surface area contributed by atoms with Gasteiger partial charge in [0.1, 0.15) is 5.75 Å². The molecule has 1 aromatic rings. The summed E-state index contributed by atoms with van der Waals surface area (Å²) < 4.78 is 11.2. The Bertz CT molecular complexity index is 641. The zero-order valence-corrected chi connectivity index (χ0v) is 21.8. The van der Waals surface area contributed by atoms with E-state index in [1.54, 1.807) is 7.11 Å². The first kappa shape index (κ1) is 26.2. The lowest BCUT2D eigenvalue weighted by Gasteiger charge is -2.36. The first-order valence-electron chi connectivity index (χ1n) is 11.8. The number of methoxy groups -OCH3 is 1. The summed E-state index contributed by atoms with van der Waals surface area (Å²) >= 11 is 0. The smallest absolute Gasteiger partial charge is 0.193 e. The Labute approximate surface area is 205 Å². The lowest BCUT2D eigenvalue weighted by Crippen LogP contribution is -2.47. The minimum absolute atomic E-state index is 0. The van der Waals surface area contributed by atoms with Gasteiger partial charge in [0.05, 0.1) is 25.8 Å². The van der Waals surface area contributed by atoms with Gasteiger partial charge in [0.2, 0.25) is 0 Å². The molecule has 1 N–H and O–H groups in total. The van der Waals surface area contributed by atoms with Gasteiger partial charge in [-0.3, -0.25) is 9.89 Å². The highest BCUT2D eigenvalue weighted by molar-refractivity contribution is 14.0. The number of halogens is 1. The van der Waals surface area contributed by atoms with Gasteiger partial charge in [0.15, 0.2) is 5.96 Å². The Balaban J connectivity index is 0.00000341. The van der Waals surface area contributed by atoms with Crippen LogP contribution >= 0.6 is 24.0 Å². The average Bonchev–Trinajstić information content (AvgIpc) is 2.80. The highest BCUT2D eigenvalue weighted by atomic mass is 127. The number of aliphatic imine (C=N–C) groups is 1. The van der Waals surface area contributed by atoms with Crippen LogP contribution in [0.3, 0.4) is 0 Å². The molecular formula is C24H41IN4O2. The van der Waals surface area contributed by atoms with Gasteiger partial charge in [-0.2, -0.15) is 0 Å². The largest absolute Gasteiger partial charge is 0.497 e. The SMILES string of the molecule is CCNC(=NCC(c1ccc(OC)cc1)N1CCCCC1)N1CCC(OCC)CC1.I. The van der Waals surface area contributed by atoms with Crippen LogP contribution < -0.4 is 10.1 Å². The molecule has 7 heteroatoms. The molecule has 176 valence electrons. The Morgan fingerprint density at radius 3 is 2.32 bits per heavy atom. The maximum absolute atomic E-state index is 5.82. The molecule has 0 aromatic heterocycles. The minimum Gasteiger partial charge on any atom is -0.497 e. The summed E-state index contributed by atoms with van der Waals surface area (Å²) in [7, 11) is 1.72. The van der Waals surface area contributed by atoms with Crippen LogP contribution in [0.5, 0.6) is 5.75 Å². The van der Waals surface area contributed by atoms with E-state index in [4.69, 9.17) is 14.5 Å². The van der Waals surface area contributed by atoms with Crippen molar-refractivity contribution in [1.82, 2.24) is 15.1 Å². The second-order valence-corrected chi connectivity index (χ2v) is 8.22. The van der Waals surface area contributed by atoms with Gasteiger partial charge in [-0.25, -0.2) is 0 Å². The monoisotopic (exact) mass is 544 g/mol. The number of ether oxygens (including phenoxy) is 2. The molecule has 0 bridgehead atoms. The third-order valence-corrected chi connectivity index (χ3v) is 6.22. The van der Waals surface area contributed by atoms with Gasteiger partial charge in [-0.1, -0.05) is 18.6 Å². The molecule has 2 aliphatic heterocycles. The van der Waals surface area contributed by atoms with Gasteiger partial charge >= 0.3 is 0 Å². The van der Waals surface area contributed by atoms with Crippen molar-refractivity contribution < 1.29 is 9.47 Å². The quantitative estimate of drug-likeness (QED) is 0.301. The summed E-state index contributed by atoms with van der Waals surface area (Å²) in [6, 6.07) is 8.85. The normalized spacial score (nSPS) is 19.6. The standard InChI is InChI=1S/C24H40N4O2.HI/c1-4-25-24(28-17-13-22(14-18-28)30-5-2)26-19-23(27-15-7-6-8-16-27)20-9-11-21(29-3)12-10-20;/h9-12,22-23H,4-8,13-19H2,1-3H3,(H,25,26);1H. The third kappa shape index (κ3) is 7.79. The van der Waals surface area contributed by atoms with E-state index in [1.807, 2.05) is 0 Å². The van der Waals surface area contributed by atoms with Gasteiger partial charge in [-0.15, -0.1) is 24.0 Å². The molecular weight excluding hydrogens is 503 g/mol. The number of benzene rings is 1. The van der Waals surface area contributed by atoms with Crippen LogP contribution in [0.4, 0.5) is 0 Å². The zero-order chi connectivity index (χ0) is 21.2. The second-order valence-electron chi connectivity index (χ2n) is 8.22. The third-order valence-electron chi connectivity index (χ3n) is 6.22. The van der Waals surface area contributed by atoms with Crippen molar-refractivity contribution in [3.63, 3.8) is 0 Å². The van der Waals surface area contributed by atoms with E-state index in [1.165, 1.54) is 24.8 Å². The van der Waals surface area contributed by atoms with E-state index < -0.39 is 0 Å². The van der Waals surface area contributed by atoms with Crippen LogP contribution in [0, 0.1) is 0 Å². The average molecular weight is 545 g/mol. The molecule has 2 fully saturated rings. The van der Waals surface area contributed by atoms with Crippen molar-refractivity contribution in [3.05, 3.63) is 29.8 Å². The predicted octanol–water partition coefficient (Wildman–Crippen LogP) is 4.31. The molecule has 0 aliphatic carbocycles. The first-order valence-corrected chi connectivity index (χ1v) is 11.8. The molecule has 2 heterocycles. The molecule has 6 nitrogen and oxygen atoms in total. The number of guanidine groups is 1. The molecule has 0 spiro atoms. The fraction of sp³-hybridized carbons (Fsp3) is 0.708. The second kappa shape index (κ2) is 14.2. The van der Waals surface area contributed by atoms with Crippen molar-refractivity contribution in [2.45, 2.75) is 58.1 Å². The fourth-order valence-electron chi connectivity index (χ4n) is 4.56. The highest BCUT2D eigenvalue weighted by Gasteiger charge is 2.25. The number of hydrogen-bond donors (Lipinski definition) is 1. The van der Waals surface area contributed by atoms with Crippen molar-refractivity contribution in [1.29, 1.82) is 0 Å². The summed E-state index contributed by atoms with van der Waals surface area (Å²) in [6.07, 6.45) is 6.45. The van der Waals surface area contributed by atoms with Crippen LogP contribution in [-0.2, 0) is 4.74 Å². The number of nitrogens with one attached hydrogen (secondary N) is 1. The lowest BCUT2D eigenvalue weighted by molar-refractivity contribution is 0.0263. The van der Waals surface area contributed by atoms with E-state index in [2.05, 4.69) is 53.2 Å². The Hall–Kier alpha value is -1.06. The highest BCUT2D eigenvalue weighted by Crippen LogP contribution is 2.27. The van der Waals surface area contributed by atoms with E-state index >= 15 is 0 Å². The molecule has 0 saturated carbocycles. The summed E-state index contributed by atoms with van der Waals surface area (Å²) in [6.45, 7) is 11.0. The summed E-state index contributed by atoms with van der Waals surface area (Å²) in [5, 5.41) is 3.52. The molecule has 0 amide bonds. The number of nitrogens with zero attached hydrogens (tertiary/aromatic N) is 3. The van der Waals surface area contributed by atoms with Crippen LogP contribution in [0.25, 0.3) is 0 Å². The van der Waals surface area contributed by atoms with Gasteiger partial charge in [-0.05, 0) is 70.3 Å². The number of rotatable bonds is 8. The fourth-order valence-corrected chi connectivity index (χ4v) is 4.56. The van der Waals surface area contributed by atoms with Crippen LogP contribution in [0.15, 0.2) is 29.3 Å². The molecule has 0 radical (unpaired) electrons. The predicted molar refractivity (Wildman–Crippen MR) is 139 cm³/mol. The molecule has 2 aliphatic rings. The van der Waals surface area contributed by atoms with Crippen molar-refractivity contribution >= 4 is 29.9 Å². The summed E-state index contributed by atoms with van der Waals surface area (Å²) in [5.41, 5.74) is 1.33. The number of piperidine rings is 2. The Kier molecular flexibility index (Phi) is 12.0. The van der Waals surface area contributed by atoms with Crippen LogP contribution in [0.2, 0.25) is 0 Å². The molecule has 1 aromatic carbocycles. The topological polar surface area (TPSA) is 49.3 Å². The van der Waals surface area contributed by atoms with Crippen LogP contribution in [0.1, 0.15) is 57.6 Å². The maximum Gasteiger partial charge on any atom is 0.193 e. The minimum atomic E-state index is 0. The molecule has 31 heavy (non-hydrogen) atoms. The zero-order valence-electron chi connectivity index (χ0n) is 19.5. The molecule has 1 atom stereocenters. The first-order chi connectivity index (χ1) is 14.7. The lowest BCUT2D eigenvalue weighted by atomic mass is 10.0. The van der Waals surface area contributed by atoms with Crippen molar-refractivity contribution in [2.24, 2.45) is 4.99 Å². The molecule has 2 saturated heterocycles. The summed E-state index contributed by atoms with van der Waals surface area (Å²) in [4.78, 5) is 10.1. The van der Waals surface area contributed by atoms with Gasteiger partial charge in [0.25, 0.3) is 0 Å².